The summed E-state index contributed by atoms with van der Waals surface area (Å²) >= 11 is 0. The van der Waals surface area contributed by atoms with Gasteiger partial charge in [-0.05, 0) is 37.3 Å². The van der Waals surface area contributed by atoms with Crippen molar-refractivity contribution in [2.24, 2.45) is 5.92 Å². The Morgan fingerprint density at radius 1 is 1.41 bits per heavy atom. The van der Waals surface area contributed by atoms with Crippen LogP contribution in [0.15, 0.2) is 34.7 Å². The Bertz CT molecular complexity index is 495. The second kappa shape index (κ2) is 3.88. The average molecular weight is 230 g/mol. The summed E-state index contributed by atoms with van der Waals surface area (Å²) in [5, 5.41) is 11.8. The maximum Gasteiger partial charge on any atom is 0.136 e. The summed E-state index contributed by atoms with van der Waals surface area (Å²) in [6, 6.07) is 9.93. The Kier molecular flexibility index (Phi) is 2.48. The minimum absolute atomic E-state index is 0.633. The van der Waals surface area contributed by atoms with Crippen LogP contribution in [0, 0.1) is 5.92 Å². The minimum atomic E-state index is -0.736. The molecule has 0 bridgehead atoms. The molecule has 0 saturated heterocycles. The fourth-order valence-electron chi connectivity index (χ4n) is 2.91. The molecule has 0 spiro atoms. The zero-order valence-corrected chi connectivity index (χ0v) is 10.1. The van der Waals surface area contributed by atoms with Crippen molar-refractivity contribution in [1.82, 2.24) is 0 Å². The molecular weight excluding hydrogens is 212 g/mol. The first-order valence-corrected chi connectivity index (χ1v) is 6.43. The molecule has 2 unspecified atom stereocenters. The molecule has 2 nitrogen and oxygen atoms in total. The van der Waals surface area contributed by atoms with Gasteiger partial charge in [0.25, 0.3) is 0 Å². The number of para-hydroxylation sites is 1. The lowest BCUT2D eigenvalue weighted by Gasteiger charge is -2.19. The first-order valence-electron chi connectivity index (χ1n) is 6.43. The summed E-state index contributed by atoms with van der Waals surface area (Å²) in [5.41, 5.74) is 0.135. The zero-order chi connectivity index (χ0) is 11.9. The van der Waals surface area contributed by atoms with Gasteiger partial charge in [-0.2, -0.15) is 0 Å². The van der Waals surface area contributed by atoms with Crippen LogP contribution < -0.4 is 0 Å². The Labute approximate surface area is 101 Å². The van der Waals surface area contributed by atoms with Gasteiger partial charge in [-0.1, -0.05) is 31.5 Å². The van der Waals surface area contributed by atoms with Crippen LogP contribution in [0.2, 0.25) is 0 Å². The van der Waals surface area contributed by atoms with E-state index in [2.05, 4.69) is 6.92 Å². The lowest BCUT2D eigenvalue weighted by atomic mass is 9.96. The van der Waals surface area contributed by atoms with Gasteiger partial charge in [0.2, 0.25) is 0 Å². The largest absolute Gasteiger partial charge is 0.458 e. The Morgan fingerprint density at radius 2 is 2.24 bits per heavy atom. The van der Waals surface area contributed by atoms with Gasteiger partial charge in [0, 0.05) is 5.39 Å². The van der Waals surface area contributed by atoms with E-state index in [4.69, 9.17) is 4.42 Å². The Hall–Kier alpha value is -1.28. The molecule has 1 N–H and O–H groups in total. The second-order valence-corrected chi connectivity index (χ2v) is 5.20. The molecule has 0 aliphatic heterocycles. The lowest BCUT2D eigenvalue weighted by Crippen LogP contribution is -2.20. The third-order valence-corrected chi connectivity index (χ3v) is 4.05. The molecule has 2 aromatic rings. The van der Waals surface area contributed by atoms with Crippen LogP contribution in [0.25, 0.3) is 11.0 Å². The number of benzene rings is 1. The van der Waals surface area contributed by atoms with E-state index in [0.29, 0.717) is 5.92 Å². The van der Waals surface area contributed by atoms with Crippen LogP contribution in [0.5, 0.6) is 0 Å². The van der Waals surface area contributed by atoms with Crippen molar-refractivity contribution in [2.45, 2.75) is 38.2 Å². The van der Waals surface area contributed by atoms with E-state index in [1.165, 1.54) is 0 Å². The van der Waals surface area contributed by atoms with Gasteiger partial charge < -0.3 is 9.52 Å². The molecule has 2 atom stereocenters. The van der Waals surface area contributed by atoms with E-state index < -0.39 is 5.60 Å². The fourth-order valence-corrected chi connectivity index (χ4v) is 2.91. The molecule has 1 aliphatic carbocycles. The van der Waals surface area contributed by atoms with Crippen molar-refractivity contribution in [1.29, 1.82) is 0 Å². The van der Waals surface area contributed by atoms with E-state index in [1.54, 1.807) is 0 Å². The van der Waals surface area contributed by atoms with E-state index in [1.807, 2.05) is 30.3 Å². The third-order valence-electron chi connectivity index (χ3n) is 4.05. The number of hydrogen-bond acceptors (Lipinski definition) is 2. The van der Waals surface area contributed by atoms with E-state index in [9.17, 15) is 5.11 Å². The maximum absolute atomic E-state index is 10.7. The smallest absolute Gasteiger partial charge is 0.136 e. The first kappa shape index (κ1) is 10.8. The number of hydrogen-bond donors (Lipinski definition) is 1. The summed E-state index contributed by atoms with van der Waals surface area (Å²) in [6.07, 6.45) is 3.90. The monoisotopic (exact) mass is 230 g/mol. The van der Waals surface area contributed by atoms with Gasteiger partial charge in [-0.15, -0.1) is 0 Å². The van der Waals surface area contributed by atoms with Crippen molar-refractivity contribution in [2.75, 3.05) is 0 Å². The molecule has 1 fully saturated rings. The second-order valence-electron chi connectivity index (χ2n) is 5.20. The molecule has 0 radical (unpaired) electrons. The number of furan rings is 1. The summed E-state index contributed by atoms with van der Waals surface area (Å²) in [4.78, 5) is 0. The molecule has 2 heteroatoms. The van der Waals surface area contributed by atoms with Crippen LogP contribution in [0.4, 0.5) is 0 Å². The minimum Gasteiger partial charge on any atom is -0.458 e. The molecular formula is C15H18O2. The summed E-state index contributed by atoms with van der Waals surface area (Å²) in [6.45, 7) is 2.19. The highest BCUT2D eigenvalue weighted by Crippen LogP contribution is 2.44. The number of rotatable bonds is 2. The molecule has 90 valence electrons. The summed E-state index contributed by atoms with van der Waals surface area (Å²) in [7, 11) is 0. The third kappa shape index (κ3) is 1.77. The molecule has 1 heterocycles. The standard InChI is InChI=1S/C15H18O2/c1-2-11-7-8-15(16,10-11)14-9-12-5-3-4-6-13(12)17-14/h3-6,9,11,16H,2,7-8,10H2,1H3. The highest BCUT2D eigenvalue weighted by Gasteiger charge is 2.40. The van der Waals surface area contributed by atoms with Crippen molar-refractivity contribution in [3.8, 4) is 0 Å². The van der Waals surface area contributed by atoms with Gasteiger partial charge in [0.1, 0.15) is 16.9 Å². The maximum atomic E-state index is 10.7. The molecule has 1 saturated carbocycles. The zero-order valence-electron chi connectivity index (χ0n) is 10.1. The number of aliphatic hydroxyl groups is 1. The first-order chi connectivity index (χ1) is 8.21. The predicted molar refractivity (Wildman–Crippen MR) is 67.7 cm³/mol. The Balaban J connectivity index is 1.98. The van der Waals surface area contributed by atoms with Crippen molar-refractivity contribution < 1.29 is 9.52 Å². The average Bonchev–Trinajstić information content (AvgIpc) is 2.93. The van der Waals surface area contributed by atoms with Crippen molar-refractivity contribution >= 4 is 11.0 Å². The molecule has 0 amide bonds. The molecule has 1 aromatic heterocycles. The van der Waals surface area contributed by atoms with Crippen LogP contribution in [-0.2, 0) is 5.60 Å². The fraction of sp³-hybridized carbons (Fsp3) is 0.467. The lowest BCUT2D eigenvalue weighted by molar-refractivity contribution is 0.0192. The van der Waals surface area contributed by atoms with Crippen molar-refractivity contribution in [3.05, 3.63) is 36.1 Å². The summed E-state index contributed by atoms with van der Waals surface area (Å²) in [5.74, 6) is 1.38. The van der Waals surface area contributed by atoms with E-state index in [0.717, 1.165) is 42.4 Å². The Morgan fingerprint density at radius 3 is 2.94 bits per heavy atom. The van der Waals surface area contributed by atoms with Gasteiger partial charge in [-0.25, -0.2) is 0 Å². The van der Waals surface area contributed by atoms with E-state index >= 15 is 0 Å². The highest BCUT2D eigenvalue weighted by atomic mass is 16.4. The van der Waals surface area contributed by atoms with Gasteiger partial charge in [-0.3, -0.25) is 0 Å². The SMILES string of the molecule is CCC1CCC(O)(c2cc3ccccc3o2)C1. The molecule has 1 aliphatic rings. The van der Waals surface area contributed by atoms with Gasteiger partial charge >= 0.3 is 0 Å². The van der Waals surface area contributed by atoms with Crippen LogP contribution in [0.1, 0.15) is 38.4 Å². The van der Waals surface area contributed by atoms with E-state index in [-0.39, 0.29) is 0 Å². The van der Waals surface area contributed by atoms with Crippen LogP contribution in [-0.4, -0.2) is 5.11 Å². The van der Waals surface area contributed by atoms with Gasteiger partial charge in [0.05, 0.1) is 0 Å². The predicted octanol–water partition coefficient (Wildman–Crippen LogP) is 3.83. The highest BCUT2D eigenvalue weighted by molar-refractivity contribution is 5.77. The molecule has 17 heavy (non-hydrogen) atoms. The van der Waals surface area contributed by atoms with Crippen molar-refractivity contribution in [3.63, 3.8) is 0 Å². The number of fused-ring (bicyclic) bond motifs is 1. The topological polar surface area (TPSA) is 33.4 Å². The van der Waals surface area contributed by atoms with Crippen LogP contribution >= 0.6 is 0 Å². The quantitative estimate of drug-likeness (QED) is 0.850. The van der Waals surface area contributed by atoms with Gasteiger partial charge in [0.15, 0.2) is 0 Å². The normalized spacial score (nSPS) is 28.9. The summed E-state index contributed by atoms with van der Waals surface area (Å²) < 4.78 is 5.80. The molecule has 3 rings (SSSR count). The van der Waals surface area contributed by atoms with Crippen LogP contribution in [0.3, 0.4) is 0 Å². The molecule has 1 aromatic carbocycles.